The van der Waals surface area contributed by atoms with E-state index in [1.54, 1.807) is 6.20 Å². The number of piperazine rings is 1. The van der Waals surface area contributed by atoms with Gasteiger partial charge in [-0.05, 0) is 66.2 Å². The monoisotopic (exact) mass is 540 g/mol. The molecule has 1 saturated heterocycles. The molecule has 0 amide bonds. The van der Waals surface area contributed by atoms with Crippen LogP contribution in [0, 0.1) is 5.92 Å². The lowest BCUT2D eigenvalue weighted by Gasteiger charge is -2.34. The molecule has 5 rings (SSSR count). The highest BCUT2D eigenvalue weighted by atomic mass is 16.5. The van der Waals surface area contributed by atoms with Crippen molar-refractivity contribution in [2.24, 2.45) is 5.92 Å². The number of nitrogens with zero attached hydrogens (tertiary/aromatic N) is 3. The Morgan fingerprint density at radius 2 is 1.73 bits per heavy atom. The van der Waals surface area contributed by atoms with Gasteiger partial charge in [0.2, 0.25) is 0 Å². The number of aromatic amines is 1. The standard InChI is InChI=1S/C32H40N6O2/c1-4-37-16-18-38(19-17-37)22-24-9-11-26(12-10-24)34-29-21-25-13-15-33-32(39)30(25)31(36-29)35-27-7-5-6-8-28(27)40-20-14-23(2)3/h5-13,15,21,23H,4,14,16-20,22H2,1-3H3,(H,33,39)(H2,34,35,36). The van der Waals surface area contributed by atoms with Crippen LogP contribution < -0.4 is 20.9 Å². The van der Waals surface area contributed by atoms with Crippen molar-refractivity contribution < 1.29 is 4.74 Å². The number of H-pyrrole nitrogens is 1. The fourth-order valence-electron chi connectivity index (χ4n) is 4.96. The van der Waals surface area contributed by atoms with Crippen molar-refractivity contribution in [2.45, 2.75) is 33.7 Å². The molecule has 0 unspecified atom stereocenters. The smallest absolute Gasteiger partial charge is 0.259 e. The van der Waals surface area contributed by atoms with Gasteiger partial charge in [0.15, 0.2) is 0 Å². The zero-order valence-electron chi connectivity index (χ0n) is 23.7. The van der Waals surface area contributed by atoms with Crippen LogP contribution in [0.1, 0.15) is 32.8 Å². The summed E-state index contributed by atoms with van der Waals surface area (Å²) >= 11 is 0. The number of hydrogen-bond donors (Lipinski definition) is 3. The molecule has 210 valence electrons. The van der Waals surface area contributed by atoms with Crippen molar-refractivity contribution in [2.75, 3.05) is 50.0 Å². The van der Waals surface area contributed by atoms with Crippen molar-refractivity contribution in [3.63, 3.8) is 0 Å². The second-order valence-electron chi connectivity index (χ2n) is 10.8. The summed E-state index contributed by atoms with van der Waals surface area (Å²) < 4.78 is 6.07. The third kappa shape index (κ3) is 7.00. The summed E-state index contributed by atoms with van der Waals surface area (Å²) in [5, 5.41) is 8.11. The van der Waals surface area contributed by atoms with Gasteiger partial charge in [0.25, 0.3) is 5.56 Å². The lowest BCUT2D eigenvalue weighted by Crippen LogP contribution is -2.45. The zero-order valence-corrected chi connectivity index (χ0v) is 23.7. The first-order valence-electron chi connectivity index (χ1n) is 14.3. The molecular weight excluding hydrogens is 500 g/mol. The highest BCUT2D eigenvalue weighted by Gasteiger charge is 2.16. The molecular formula is C32H40N6O2. The first-order chi connectivity index (χ1) is 19.5. The molecule has 3 heterocycles. The van der Waals surface area contributed by atoms with E-state index in [2.05, 4.69) is 70.5 Å². The highest BCUT2D eigenvalue weighted by Crippen LogP contribution is 2.31. The summed E-state index contributed by atoms with van der Waals surface area (Å²) in [5.74, 6) is 2.42. The van der Waals surface area contributed by atoms with E-state index >= 15 is 0 Å². The summed E-state index contributed by atoms with van der Waals surface area (Å²) in [6.07, 6.45) is 2.62. The molecule has 0 bridgehead atoms. The maximum Gasteiger partial charge on any atom is 0.259 e. The first kappa shape index (κ1) is 27.7. The third-order valence-corrected chi connectivity index (χ3v) is 7.39. The van der Waals surface area contributed by atoms with Crippen molar-refractivity contribution >= 4 is 33.8 Å². The lowest BCUT2D eigenvalue weighted by molar-refractivity contribution is 0.132. The molecule has 40 heavy (non-hydrogen) atoms. The highest BCUT2D eigenvalue weighted by molar-refractivity contribution is 5.95. The number of benzene rings is 2. The number of likely N-dealkylation sites (N-methyl/N-ethyl adjacent to an activating group) is 1. The van der Waals surface area contributed by atoms with E-state index in [0.717, 1.165) is 68.2 Å². The van der Waals surface area contributed by atoms with Gasteiger partial charge in [-0.1, -0.05) is 45.0 Å². The second kappa shape index (κ2) is 13.0. The van der Waals surface area contributed by atoms with Gasteiger partial charge in [-0.15, -0.1) is 0 Å². The van der Waals surface area contributed by atoms with E-state index in [4.69, 9.17) is 9.72 Å². The summed E-state index contributed by atoms with van der Waals surface area (Å²) in [6, 6.07) is 20.1. The molecule has 0 saturated carbocycles. The van der Waals surface area contributed by atoms with Crippen molar-refractivity contribution in [3.8, 4) is 5.75 Å². The second-order valence-corrected chi connectivity index (χ2v) is 10.8. The van der Waals surface area contributed by atoms with Crippen molar-refractivity contribution in [1.82, 2.24) is 19.8 Å². The molecule has 0 aliphatic carbocycles. The van der Waals surface area contributed by atoms with E-state index in [0.29, 0.717) is 29.5 Å². The van der Waals surface area contributed by atoms with Crippen LogP contribution in [0.4, 0.5) is 23.0 Å². The topological polar surface area (TPSA) is 85.5 Å². The molecule has 1 aliphatic heterocycles. The van der Waals surface area contributed by atoms with Crippen LogP contribution in [0.3, 0.4) is 0 Å². The number of fused-ring (bicyclic) bond motifs is 1. The van der Waals surface area contributed by atoms with Gasteiger partial charge in [-0.3, -0.25) is 9.69 Å². The van der Waals surface area contributed by atoms with E-state index in [-0.39, 0.29) is 5.56 Å². The van der Waals surface area contributed by atoms with Crippen LogP contribution >= 0.6 is 0 Å². The number of ether oxygens (including phenoxy) is 1. The number of pyridine rings is 2. The molecule has 4 aromatic rings. The van der Waals surface area contributed by atoms with Crippen LogP contribution in [-0.2, 0) is 6.54 Å². The van der Waals surface area contributed by atoms with Gasteiger partial charge in [0.1, 0.15) is 17.4 Å². The predicted octanol–water partition coefficient (Wildman–Crippen LogP) is 5.97. The number of aromatic nitrogens is 2. The Labute approximate surface area is 236 Å². The first-order valence-corrected chi connectivity index (χ1v) is 14.3. The van der Waals surface area contributed by atoms with E-state index in [1.165, 1.54) is 5.56 Å². The Morgan fingerprint density at radius 1 is 0.975 bits per heavy atom. The van der Waals surface area contributed by atoms with E-state index in [1.807, 2.05) is 36.4 Å². The Kier molecular flexibility index (Phi) is 8.98. The molecule has 8 heteroatoms. The number of nitrogens with one attached hydrogen (secondary N) is 3. The molecule has 0 radical (unpaired) electrons. The van der Waals surface area contributed by atoms with Crippen LogP contribution in [0.5, 0.6) is 5.75 Å². The molecule has 8 nitrogen and oxygen atoms in total. The maximum absolute atomic E-state index is 12.8. The molecule has 1 aliphatic rings. The zero-order chi connectivity index (χ0) is 27.9. The third-order valence-electron chi connectivity index (χ3n) is 7.39. The average molecular weight is 541 g/mol. The van der Waals surface area contributed by atoms with Crippen molar-refractivity contribution in [1.29, 1.82) is 0 Å². The Morgan fingerprint density at radius 3 is 2.48 bits per heavy atom. The molecule has 3 N–H and O–H groups in total. The van der Waals surface area contributed by atoms with Gasteiger partial charge >= 0.3 is 0 Å². The van der Waals surface area contributed by atoms with Crippen molar-refractivity contribution in [3.05, 3.63) is 82.8 Å². The van der Waals surface area contributed by atoms with Gasteiger partial charge in [0.05, 0.1) is 17.7 Å². The number of hydrogen-bond acceptors (Lipinski definition) is 7. The number of anilines is 4. The average Bonchev–Trinajstić information content (AvgIpc) is 2.95. The minimum atomic E-state index is -0.193. The largest absolute Gasteiger partial charge is 0.491 e. The summed E-state index contributed by atoms with van der Waals surface area (Å²) in [4.78, 5) is 25.4. The van der Waals surface area contributed by atoms with Gasteiger partial charge < -0.3 is 25.3 Å². The minimum absolute atomic E-state index is 0.193. The van der Waals surface area contributed by atoms with Gasteiger partial charge in [-0.2, -0.15) is 0 Å². The minimum Gasteiger partial charge on any atom is -0.491 e. The fourth-order valence-corrected chi connectivity index (χ4v) is 4.96. The van der Waals surface area contributed by atoms with E-state index < -0.39 is 0 Å². The van der Waals surface area contributed by atoms with Gasteiger partial charge in [-0.25, -0.2) is 4.98 Å². The molecule has 0 spiro atoms. The Bertz CT molecular complexity index is 1460. The summed E-state index contributed by atoms with van der Waals surface area (Å²) in [5.41, 5.74) is 2.82. The molecule has 2 aromatic heterocycles. The normalized spacial score (nSPS) is 14.5. The molecule has 2 aromatic carbocycles. The lowest BCUT2D eigenvalue weighted by atomic mass is 10.1. The van der Waals surface area contributed by atoms with Crippen LogP contribution in [0.2, 0.25) is 0 Å². The Hall–Kier alpha value is -3.88. The van der Waals surface area contributed by atoms with Crippen LogP contribution in [0.15, 0.2) is 71.7 Å². The Balaban J connectivity index is 1.34. The summed E-state index contributed by atoms with van der Waals surface area (Å²) in [7, 11) is 0. The number of para-hydroxylation sites is 2. The summed E-state index contributed by atoms with van der Waals surface area (Å²) in [6.45, 7) is 13.8. The predicted molar refractivity (Wildman–Crippen MR) is 164 cm³/mol. The molecule has 0 atom stereocenters. The SMILES string of the molecule is CCN1CCN(Cc2ccc(Nc3cc4cc[nH]c(=O)c4c(Nc4ccccc4OCCC(C)C)n3)cc2)CC1. The number of rotatable bonds is 11. The quantitative estimate of drug-likeness (QED) is 0.216. The van der Waals surface area contributed by atoms with Crippen LogP contribution in [0.25, 0.3) is 10.8 Å². The van der Waals surface area contributed by atoms with Crippen LogP contribution in [-0.4, -0.2) is 59.1 Å². The fraction of sp³-hybridized carbons (Fsp3) is 0.375. The van der Waals surface area contributed by atoms with E-state index in [9.17, 15) is 4.79 Å². The maximum atomic E-state index is 12.8. The van der Waals surface area contributed by atoms with Gasteiger partial charge in [0, 0.05) is 44.6 Å². The molecule has 1 fully saturated rings.